The van der Waals surface area contributed by atoms with E-state index in [1.54, 1.807) is 0 Å². The van der Waals surface area contributed by atoms with Crippen molar-refractivity contribution in [2.45, 2.75) is 57.7 Å². The summed E-state index contributed by atoms with van der Waals surface area (Å²) in [6.45, 7) is 3.92. The van der Waals surface area contributed by atoms with Crippen LogP contribution in [0.3, 0.4) is 0 Å². The number of nitrogens with zero attached hydrogens (tertiary/aromatic N) is 2. The van der Waals surface area contributed by atoms with Crippen LogP contribution < -0.4 is 5.73 Å². The molecule has 0 aliphatic carbocycles. The molecule has 0 bridgehead atoms. The van der Waals surface area contributed by atoms with E-state index in [9.17, 15) is 0 Å². The maximum atomic E-state index is 6.17. The second-order valence-corrected chi connectivity index (χ2v) is 4.89. The number of nitrogens with two attached hydrogens (primary N) is 1. The largest absolute Gasteiger partial charge is 0.378 e. The quantitative estimate of drug-likeness (QED) is 0.848. The molecule has 4 heteroatoms. The summed E-state index contributed by atoms with van der Waals surface area (Å²) < 4.78 is 7.66. The molecule has 1 aliphatic rings. The van der Waals surface area contributed by atoms with Crippen LogP contribution in [0.2, 0.25) is 0 Å². The number of ether oxygens (including phenoxy) is 1. The molecule has 0 saturated carbocycles. The number of aryl methyl sites for hydroxylation is 1. The topological polar surface area (TPSA) is 53.1 Å². The average Bonchev–Trinajstić information content (AvgIpc) is 2.78. The third kappa shape index (κ3) is 3.82. The van der Waals surface area contributed by atoms with Crippen LogP contribution in [0.5, 0.6) is 0 Å². The SMILES string of the molecule is CCn1cc(CC(N)CC2CCCCO2)cn1. The van der Waals surface area contributed by atoms with Gasteiger partial charge in [0, 0.05) is 25.4 Å². The van der Waals surface area contributed by atoms with Crippen LogP contribution in [0, 0.1) is 0 Å². The molecule has 1 aromatic rings. The predicted molar refractivity (Wildman–Crippen MR) is 67.8 cm³/mol. The van der Waals surface area contributed by atoms with Gasteiger partial charge in [-0.2, -0.15) is 5.10 Å². The highest BCUT2D eigenvalue weighted by molar-refractivity contribution is 5.06. The first-order chi connectivity index (χ1) is 8.28. The van der Waals surface area contributed by atoms with Crippen LogP contribution >= 0.6 is 0 Å². The molecular weight excluding hydrogens is 214 g/mol. The average molecular weight is 237 g/mol. The van der Waals surface area contributed by atoms with Gasteiger partial charge in [-0.25, -0.2) is 0 Å². The van der Waals surface area contributed by atoms with E-state index in [1.165, 1.54) is 24.8 Å². The van der Waals surface area contributed by atoms with E-state index < -0.39 is 0 Å². The van der Waals surface area contributed by atoms with Crippen molar-refractivity contribution in [3.05, 3.63) is 18.0 Å². The molecule has 2 atom stereocenters. The maximum Gasteiger partial charge on any atom is 0.0590 e. The Balaban J connectivity index is 1.77. The molecule has 4 nitrogen and oxygen atoms in total. The summed E-state index contributed by atoms with van der Waals surface area (Å²) in [6.07, 6.45) is 9.91. The lowest BCUT2D eigenvalue weighted by Crippen LogP contribution is -2.31. The first kappa shape index (κ1) is 12.6. The van der Waals surface area contributed by atoms with Crippen LogP contribution in [0.4, 0.5) is 0 Å². The van der Waals surface area contributed by atoms with Gasteiger partial charge in [0.25, 0.3) is 0 Å². The zero-order valence-electron chi connectivity index (χ0n) is 10.6. The zero-order valence-corrected chi connectivity index (χ0v) is 10.6. The molecule has 2 N–H and O–H groups in total. The third-order valence-corrected chi connectivity index (χ3v) is 3.35. The molecule has 1 fully saturated rings. The third-order valence-electron chi connectivity index (χ3n) is 3.35. The minimum absolute atomic E-state index is 0.188. The van der Waals surface area contributed by atoms with E-state index in [2.05, 4.69) is 18.2 Å². The van der Waals surface area contributed by atoms with E-state index in [0.29, 0.717) is 6.10 Å². The van der Waals surface area contributed by atoms with Gasteiger partial charge < -0.3 is 10.5 Å². The highest BCUT2D eigenvalue weighted by Crippen LogP contribution is 2.17. The fourth-order valence-electron chi connectivity index (χ4n) is 2.40. The highest BCUT2D eigenvalue weighted by Gasteiger charge is 2.17. The summed E-state index contributed by atoms with van der Waals surface area (Å²) in [5.41, 5.74) is 7.40. The molecule has 2 unspecified atom stereocenters. The molecule has 96 valence electrons. The molecular formula is C13H23N3O. The highest BCUT2D eigenvalue weighted by atomic mass is 16.5. The number of hydrogen-bond acceptors (Lipinski definition) is 3. The smallest absolute Gasteiger partial charge is 0.0590 e. The van der Waals surface area contributed by atoms with Crippen LogP contribution in [0.1, 0.15) is 38.2 Å². The minimum atomic E-state index is 0.188. The Morgan fingerprint density at radius 1 is 1.59 bits per heavy atom. The summed E-state index contributed by atoms with van der Waals surface area (Å²) in [6, 6.07) is 0.188. The number of aromatic nitrogens is 2. The Morgan fingerprint density at radius 3 is 3.12 bits per heavy atom. The number of hydrogen-bond donors (Lipinski definition) is 1. The lowest BCUT2D eigenvalue weighted by molar-refractivity contribution is 0.00747. The van der Waals surface area contributed by atoms with Gasteiger partial charge in [0.1, 0.15) is 0 Å². The predicted octanol–water partition coefficient (Wildman–Crippen LogP) is 1.73. The van der Waals surface area contributed by atoms with Gasteiger partial charge in [0.2, 0.25) is 0 Å². The van der Waals surface area contributed by atoms with Gasteiger partial charge in [0.05, 0.1) is 12.3 Å². The van der Waals surface area contributed by atoms with Gasteiger partial charge in [-0.3, -0.25) is 4.68 Å². The monoisotopic (exact) mass is 237 g/mol. The fraction of sp³-hybridized carbons (Fsp3) is 0.769. The van der Waals surface area contributed by atoms with Crippen molar-refractivity contribution >= 4 is 0 Å². The van der Waals surface area contributed by atoms with Crippen LogP contribution in [-0.2, 0) is 17.7 Å². The molecule has 1 aromatic heterocycles. The van der Waals surface area contributed by atoms with E-state index >= 15 is 0 Å². The van der Waals surface area contributed by atoms with E-state index in [4.69, 9.17) is 10.5 Å². The minimum Gasteiger partial charge on any atom is -0.378 e. The standard InChI is InChI=1S/C13H23N3O/c1-2-16-10-11(9-15-16)7-12(14)8-13-5-3-4-6-17-13/h9-10,12-13H,2-8,14H2,1H3. The fourth-order valence-corrected chi connectivity index (χ4v) is 2.40. The van der Waals surface area contributed by atoms with E-state index in [0.717, 1.165) is 26.0 Å². The second kappa shape index (κ2) is 6.17. The Morgan fingerprint density at radius 2 is 2.47 bits per heavy atom. The molecule has 0 aromatic carbocycles. The lowest BCUT2D eigenvalue weighted by atomic mass is 9.99. The first-order valence-corrected chi connectivity index (χ1v) is 6.66. The van der Waals surface area contributed by atoms with Gasteiger partial charge in [-0.05, 0) is 44.6 Å². The van der Waals surface area contributed by atoms with Gasteiger partial charge >= 0.3 is 0 Å². The second-order valence-electron chi connectivity index (χ2n) is 4.89. The summed E-state index contributed by atoms with van der Waals surface area (Å²) in [5.74, 6) is 0. The molecule has 0 radical (unpaired) electrons. The van der Waals surface area contributed by atoms with Crippen molar-refractivity contribution in [2.75, 3.05) is 6.61 Å². The molecule has 1 saturated heterocycles. The van der Waals surface area contributed by atoms with Crippen LogP contribution in [0.25, 0.3) is 0 Å². The molecule has 2 rings (SSSR count). The molecule has 2 heterocycles. The normalized spacial score (nSPS) is 22.6. The van der Waals surface area contributed by atoms with Gasteiger partial charge in [-0.1, -0.05) is 0 Å². The van der Waals surface area contributed by atoms with Crippen LogP contribution in [0.15, 0.2) is 12.4 Å². The van der Waals surface area contributed by atoms with Crippen molar-refractivity contribution in [3.63, 3.8) is 0 Å². The Kier molecular flexibility index (Phi) is 4.57. The van der Waals surface area contributed by atoms with Crippen molar-refractivity contribution in [2.24, 2.45) is 5.73 Å². The summed E-state index contributed by atoms with van der Waals surface area (Å²) in [7, 11) is 0. The lowest BCUT2D eigenvalue weighted by Gasteiger charge is -2.25. The Labute approximate surface area is 103 Å². The summed E-state index contributed by atoms with van der Waals surface area (Å²) >= 11 is 0. The molecule has 0 amide bonds. The Hall–Kier alpha value is -0.870. The van der Waals surface area contributed by atoms with Crippen molar-refractivity contribution in [1.29, 1.82) is 0 Å². The summed E-state index contributed by atoms with van der Waals surface area (Å²) in [4.78, 5) is 0. The van der Waals surface area contributed by atoms with Gasteiger partial charge in [-0.15, -0.1) is 0 Å². The van der Waals surface area contributed by atoms with Crippen molar-refractivity contribution in [1.82, 2.24) is 9.78 Å². The molecule has 1 aliphatic heterocycles. The van der Waals surface area contributed by atoms with Crippen molar-refractivity contribution < 1.29 is 4.74 Å². The zero-order chi connectivity index (χ0) is 12.1. The first-order valence-electron chi connectivity index (χ1n) is 6.66. The Bertz CT molecular complexity index is 331. The number of rotatable bonds is 5. The van der Waals surface area contributed by atoms with Gasteiger partial charge in [0.15, 0.2) is 0 Å². The van der Waals surface area contributed by atoms with E-state index in [1.807, 2.05) is 10.9 Å². The summed E-state index contributed by atoms with van der Waals surface area (Å²) in [5, 5.41) is 4.26. The van der Waals surface area contributed by atoms with Crippen molar-refractivity contribution in [3.8, 4) is 0 Å². The van der Waals surface area contributed by atoms with Crippen LogP contribution in [-0.4, -0.2) is 28.5 Å². The molecule has 17 heavy (non-hydrogen) atoms. The van der Waals surface area contributed by atoms with E-state index in [-0.39, 0.29) is 6.04 Å². The molecule has 0 spiro atoms. The maximum absolute atomic E-state index is 6.17.